The first-order valence-electron chi connectivity index (χ1n) is 5.88. The Morgan fingerprint density at radius 2 is 1.78 bits per heavy atom. The molecule has 1 atom stereocenters. The highest BCUT2D eigenvalue weighted by Crippen LogP contribution is 2.25. The van der Waals surface area contributed by atoms with Crippen LogP contribution in [0.1, 0.15) is 22.8 Å². The summed E-state index contributed by atoms with van der Waals surface area (Å²) in [4.78, 5) is 0. The fourth-order valence-corrected chi connectivity index (χ4v) is 2.10. The third kappa shape index (κ3) is 2.91. The third-order valence-electron chi connectivity index (χ3n) is 2.90. The first-order valence-corrected chi connectivity index (χ1v) is 6.26. The Bertz CT molecular complexity index is 510. The van der Waals surface area contributed by atoms with Gasteiger partial charge in [-0.25, -0.2) is 0 Å². The van der Waals surface area contributed by atoms with E-state index in [4.69, 9.17) is 11.6 Å². The van der Waals surface area contributed by atoms with Gasteiger partial charge >= 0.3 is 0 Å². The first kappa shape index (κ1) is 13.1. The summed E-state index contributed by atoms with van der Waals surface area (Å²) in [6, 6.07) is 15.2. The molecular weight excluding hydrogens is 246 g/mol. The molecule has 0 fully saturated rings. The molecule has 0 saturated carbocycles. The van der Waals surface area contributed by atoms with Crippen LogP contribution in [0.15, 0.2) is 48.5 Å². The van der Waals surface area contributed by atoms with Gasteiger partial charge in [0.25, 0.3) is 0 Å². The van der Waals surface area contributed by atoms with Gasteiger partial charge in [0, 0.05) is 11.6 Å². The van der Waals surface area contributed by atoms with Gasteiger partial charge in [-0.1, -0.05) is 48.0 Å². The molecule has 0 radical (unpaired) electrons. The summed E-state index contributed by atoms with van der Waals surface area (Å²) in [5.41, 5.74) is 2.87. The molecule has 0 saturated heterocycles. The molecule has 2 nitrogen and oxygen atoms in total. The van der Waals surface area contributed by atoms with Gasteiger partial charge in [0.05, 0.1) is 0 Å². The van der Waals surface area contributed by atoms with Crippen molar-refractivity contribution in [3.63, 3.8) is 0 Å². The minimum absolute atomic E-state index is 0.619. The molecule has 2 rings (SSSR count). The highest BCUT2D eigenvalue weighted by Gasteiger charge is 2.13. The molecule has 0 aliphatic carbocycles. The van der Waals surface area contributed by atoms with Crippen molar-refractivity contribution in [3.8, 4) is 0 Å². The van der Waals surface area contributed by atoms with Crippen molar-refractivity contribution in [2.75, 3.05) is 7.05 Å². The predicted molar refractivity (Wildman–Crippen MR) is 74.7 cm³/mol. The van der Waals surface area contributed by atoms with Gasteiger partial charge in [0.2, 0.25) is 0 Å². The van der Waals surface area contributed by atoms with Gasteiger partial charge in [-0.2, -0.15) is 0 Å². The molecule has 0 heterocycles. The van der Waals surface area contributed by atoms with E-state index in [-0.39, 0.29) is 0 Å². The summed E-state index contributed by atoms with van der Waals surface area (Å²) < 4.78 is 0. The number of nitrogens with one attached hydrogen (secondary N) is 1. The molecule has 3 heteroatoms. The zero-order valence-corrected chi connectivity index (χ0v) is 11.0. The summed E-state index contributed by atoms with van der Waals surface area (Å²) >= 11 is 5.85. The van der Waals surface area contributed by atoms with Crippen LogP contribution in [-0.4, -0.2) is 12.2 Å². The summed E-state index contributed by atoms with van der Waals surface area (Å²) in [5.74, 6) is 0. The molecular formula is C15H16ClNO. The molecule has 0 unspecified atom stereocenters. The van der Waals surface area contributed by atoms with Crippen molar-refractivity contribution >= 4 is 11.6 Å². The van der Waals surface area contributed by atoms with E-state index in [1.807, 2.05) is 43.4 Å². The van der Waals surface area contributed by atoms with Crippen LogP contribution in [0.3, 0.4) is 0 Å². The number of hydrogen-bond acceptors (Lipinski definition) is 2. The standard InChI is InChI=1S/C15H16ClNO/c1-17-10-12-4-2-3-5-14(12)15(18)11-6-8-13(16)9-7-11/h2-9,15,17-18H,10H2,1H3/t15-/m0/s1. The normalized spacial score (nSPS) is 12.4. The quantitative estimate of drug-likeness (QED) is 0.886. The van der Waals surface area contributed by atoms with E-state index in [9.17, 15) is 5.11 Å². The molecule has 18 heavy (non-hydrogen) atoms. The van der Waals surface area contributed by atoms with E-state index in [0.717, 1.165) is 23.2 Å². The number of benzene rings is 2. The molecule has 2 aromatic rings. The Morgan fingerprint density at radius 3 is 2.44 bits per heavy atom. The average Bonchev–Trinajstić information content (AvgIpc) is 2.40. The summed E-state index contributed by atoms with van der Waals surface area (Å²) in [5, 5.41) is 14.2. The summed E-state index contributed by atoms with van der Waals surface area (Å²) in [6.45, 7) is 0.737. The Labute approximate surface area is 112 Å². The zero-order valence-electron chi connectivity index (χ0n) is 10.2. The lowest BCUT2D eigenvalue weighted by Gasteiger charge is -2.16. The van der Waals surface area contributed by atoms with Gasteiger partial charge in [-0.15, -0.1) is 0 Å². The second-order valence-corrected chi connectivity index (χ2v) is 4.62. The van der Waals surface area contributed by atoms with Crippen LogP contribution in [0.4, 0.5) is 0 Å². The fourth-order valence-electron chi connectivity index (χ4n) is 1.98. The Morgan fingerprint density at radius 1 is 1.11 bits per heavy atom. The second-order valence-electron chi connectivity index (χ2n) is 4.18. The van der Waals surface area contributed by atoms with Crippen LogP contribution in [-0.2, 0) is 6.54 Å². The van der Waals surface area contributed by atoms with Gasteiger partial charge in [0.15, 0.2) is 0 Å². The Kier molecular flexibility index (Phi) is 4.37. The van der Waals surface area contributed by atoms with E-state index in [2.05, 4.69) is 5.32 Å². The zero-order chi connectivity index (χ0) is 13.0. The molecule has 2 aromatic carbocycles. The molecule has 2 N–H and O–H groups in total. The van der Waals surface area contributed by atoms with Gasteiger partial charge in [0.1, 0.15) is 6.10 Å². The predicted octanol–water partition coefficient (Wildman–Crippen LogP) is 3.14. The number of halogens is 1. The fraction of sp³-hybridized carbons (Fsp3) is 0.200. The summed E-state index contributed by atoms with van der Waals surface area (Å²) in [7, 11) is 1.89. The van der Waals surface area contributed by atoms with E-state index in [0.29, 0.717) is 5.02 Å². The van der Waals surface area contributed by atoms with E-state index >= 15 is 0 Å². The highest BCUT2D eigenvalue weighted by molar-refractivity contribution is 6.30. The van der Waals surface area contributed by atoms with Gasteiger partial charge in [-0.3, -0.25) is 0 Å². The Hall–Kier alpha value is -1.35. The van der Waals surface area contributed by atoms with E-state index < -0.39 is 6.10 Å². The van der Waals surface area contributed by atoms with Crippen molar-refractivity contribution in [1.82, 2.24) is 5.32 Å². The molecule has 0 amide bonds. The third-order valence-corrected chi connectivity index (χ3v) is 3.15. The van der Waals surface area contributed by atoms with Crippen LogP contribution in [0.25, 0.3) is 0 Å². The summed E-state index contributed by atoms with van der Waals surface area (Å²) in [6.07, 6.45) is -0.619. The van der Waals surface area contributed by atoms with Crippen molar-refractivity contribution in [2.24, 2.45) is 0 Å². The smallest absolute Gasteiger partial charge is 0.104 e. The molecule has 94 valence electrons. The SMILES string of the molecule is CNCc1ccccc1[C@@H](O)c1ccc(Cl)cc1. The molecule has 0 spiro atoms. The van der Waals surface area contributed by atoms with Crippen molar-refractivity contribution in [2.45, 2.75) is 12.6 Å². The largest absolute Gasteiger partial charge is 0.384 e. The number of aliphatic hydroxyl groups excluding tert-OH is 1. The van der Waals surface area contributed by atoms with E-state index in [1.54, 1.807) is 12.1 Å². The lowest BCUT2D eigenvalue weighted by molar-refractivity contribution is 0.219. The molecule has 0 bridgehead atoms. The lowest BCUT2D eigenvalue weighted by atomic mass is 9.97. The van der Waals surface area contributed by atoms with Gasteiger partial charge < -0.3 is 10.4 Å². The minimum atomic E-state index is -0.619. The molecule has 0 aromatic heterocycles. The molecule has 0 aliphatic heterocycles. The van der Waals surface area contributed by atoms with E-state index in [1.165, 1.54) is 0 Å². The Balaban J connectivity index is 2.33. The number of hydrogen-bond donors (Lipinski definition) is 2. The maximum absolute atomic E-state index is 10.4. The average molecular weight is 262 g/mol. The molecule has 0 aliphatic rings. The lowest BCUT2D eigenvalue weighted by Crippen LogP contribution is -2.10. The van der Waals surface area contributed by atoms with Crippen molar-refractivity contribution < 1.29 is 5.11 Å². The van der Waals surface area contributed by atoms with Crippen LogP contribution < -0.4 is 5.32 Å². The first-order chi connectivity index (χ1) is 8.72. The van der Waals surface area contributed by atoms with Crippen LogP contribution in [0, 0.1) is 0 Å². The number of aliphatic hydroxyl groups is 1. The van der Waals surface area contributed by atoms with Crippen molar-refractivity contribution in [1.29, 1.82) is 0 Å². The van der Waals surface area contributed by atoms with Crippen LogP contribution >= 0.6 is 11.6 Å². The second kappa shape index (κ2) is 6.01. The maximum Gasteiger partial charge on any atom is 0.104 e. The van der Waals surface area contributed by atoms with Gasteiger partial charge in [-0.05, 0) is 35.9 Å². The monoisotopic (exact) mass is 261 g/mol. The highest BCUT2D eigenvalue weighted by atomic mass is 35.5. The van der Waals surface area contributed by atoms with Crippen molar-refractivity contribution in [3.05, 3.63) is 70.2 Å². The maximum atomic E-state index is 10.4. The van der Waals surface area contributed by atoms with Crippen LogP contribution in [0.5, 0.6) is 0 Å². The minimum Gasteiger partial charge on any atom is -0.384 e. The van der Waals surface area contributed by atoms with Crippen LogP contribution in [0.2, 0.25) is 5.02 Å². The number of rotatable bonds is 4. The topological polar surface area (TPSA) is 32.3 Å².